The van der Waals surface area contributed by atoms with Crippen LogP contribution in [0.3, 0.4) is 0 Å². The number of nitro groups is 1. The van der Waals surface area contributed by atoms with E-state index in [9.17, 15) is 15.2 Å². The van der Waals surface area contributed by atoms with Gasteiger partial charge in [0.25, 0.3) is 0 Å². The van der Waals surface area contributed by atoms with Gasteiger partial charge in [0.05, 0.1) is 17.1 Å². The van der Waals surface area contributed by atoms with E-state index < -0.39 is 10.5 Å². The minimum Gasteiger partial charge on any atom is -0.484 e. The molecule has 0 spiro atoms. The van der Waals surface area contributed by atoms with E-state index in [4.69, 9.17) is 9.84 Å². The van der Waals surface area contributed by atoms with Crippen LogP contribution in [-0.2, 0) is 6.61 Å². The van der Waals surface area contributed by atoms with Crippen LogP contribution in [0, 0.1) is 10.1 Å². The van der Waals surface area contributed by atoms with Crippen molar-refractivity contribution in [1.29, 1.82) is 0 Å². The Morgan fingerprint density at radius 3 is 2.59 bits per heavy atom. The zero-order valence-electron chi connectivity index (χ0n) is 9.71. The maximum absolute atomic E-state index is 10.8. The monoisotopic (exact) mass is 241 g/mol. The van der Waals surface area contributed by atoms with E-state index in [2.05, 4.69) is 0 Å². The van der Waals surface area contributed by atoms with Crippen LogP contribution in [0.25, 0.3) is 0 Å². The van der Waals surface area contributed by atoms with Crippen molar-refractivity contribution in [1.82, 2.24) is 0 Å². The predicted molar refractivity (Wildman–Crippen MR) is 60.8 cm³/mol. The van der Waals surface area contributed by atoms with Crippen molar-refractivity contribution in [3.05, 3.63) is 33.9 Å². The third-order valence-electron chi connectivity index (χ3n) is 1.98. The molecule has 2 N–H and O–H groups in total. The quantitative estimate of drug-likeness (QED) is 0.597. The molecule has 0 saturated carbocycles. The standard InChI is InChI=1S/C11H15NO5/c1-11(2,14)7-17-10-4-3-8(6-13)5-9(10)12(15)16/h3-5,13-14H,6-7H2,1-2H3. The van der Waals surface area contributed by atoms with Gasteiger partial charge in [-0.15, -0.1) is 0 Å². The zero-order valence-corrected chi connectivity index (χ0v) is 9.71. The van der Waals surface area contributed by atoms with E-state index >= 15 is 0 Å². The molecular formula is C11H15NO5. The van der Waals surface area contributed by atoms with Gasteiger partial charge in [-0.05, 0) is 25.5 Å². The minimum atomic E-state index is -1.07. The van der Waals surface area contributed by atoms with Gasteiger partial charge in [-0.3, -0.25) is 10.1 Å². The van der Waals surface area contributed by atoms with Crippen LogP contribution in [0.1, 0.15) is 19.4 Å². The molecule has 0 aromatic heterocycles. The number of hydrogen-bond donors (Lipinski definition) is 2. The van der Waals surface area contributed by atoms with Crippen LogP contribution >= 0.6 is 0 Å². The van der Waals surface area contributed by atoms with Gasteiger partial charge in [0.1, 0.15) is 6.61 Å². The highest BCUT2D eigenvalue weighted by Gasteiger charge is 2.19. The lowest BCUT2D eigenvalue weighted by Gasteiger charge is -2.17. The Labute approximate surface area is 98.6 Å². The molecule has 0 aliphatic heterocycles. The minimum absolute atomic E-state index is 0.0493. The number of benzene rings is 1. The summed E-state index contributed by atoms with van der Waals surface area (Å²) in [5, 5.41) is 29.2. The first-order chi connectivity index (χ1) is 7.83. The molecule has 6 nitrogen and oxygen atoms in total. The summed E-state index contributed by atoms with van der Waals surface area (Å²) in [6.45, 7) is 2.76. The molecule has 6 heteroatoms. The molecule has 0 amide bonds. The molecule has 0 atom stereocenters. The zero-order chi connectivity index (χ0) is 13.1. The summed E-state index contributed by atoms with van der Waals surface area (Å²) >= 11 is 0. The largest absolute Gasteiger partial charge is 0.484 e. The Kier molecular flexibility index (Phi) is 4.03. The summed E-state index contributed by atoms with van der Waals surface area (Å²) in [6, 6.07) is 4.20. The smallest absolute Gasteiger partial charge is 0.311 e. The summed E-state index contributed by atoms with van der Waals surface area (Å²) in [6.07, 6.45) is 0. The number of ether oxygens (including phenoxy) is 1. The maximum atomic E-state index is 10.8. The van der Waals surface area contributed by atoms with Gasteiger partial charge in [0, 0.05) is 6.07 Å². The van der Waals surface area contributed by atoms with E-state index in [-0.39, 0.29) is 24.7 Å². The van der Waals surface area contributed by atoms with Gasteiger partial charge < -0.3 is 14.9 Å². The molecule has 17 heavy (non-hydrogen) atoms. The average Bonchev–Trinajstić information content (AvgIpc) is 2.25. The first-order valence-corrected chi connectivity index (χ1v) is 5.07. The molecule has 1 aromatic carbocycles. The van der Waals surface area contributed by atoms with Crippen LogP contribution in [0.15, 0.2) is 18.2 Å². The van der Waals surface area contributed by atoms with Gasteiger partial charge in [-0.2, -0.15) is 0 Å². The van der Waals surface area contributed by atoms with Crippen LogP contribution in [-0.4, -0.2) is 27.3 Å². The highest BCUT2D eigenvalue weighted by Crippen LogP contribution is 2.28. The lowest BCUT2D eigenvalue weighted by Crippen LogP contribution is -2.28. The number of hydrogen-bond acceptors (Lipinski definition) is 5. The van der Waals surface area contributed by atoms with Gasteiger partial charge in [0.2, 0.25) is 0 Å². The van der Waals surface area contributed by atoms with Crippen LogP contribution < -0.4 is 4.74 Å². The fraction of sp³-hybridized carbons (Fsp3) is 0.455. The molecule has 0 unspecified atom stereocenters. The van der Waals surface area contributed by atoms with E-state index in [1.54, 1.807) is 13.8 Å². The lowest BCUT2D eigenvalue weighted by atomic mass is 10.1. The Balaban J connectivity index is 2.95. The summed E-state index contributed by atoms with van der Waals surface area (Å²) in [5.74, 6) is 0.0781. The Morgan fingerprint density at radius 2 is 2.12 bits per heavy atom. The normalized spacial score (nSPS) is 11.3. The van der Waals surface area contributed by atoms with Crippen molar-refractivity contribution < 1.29 is 19.9 Å². The second kappa shape index (κ2) is 5.11. The fourth-order valence-electron chi connectivity index (χ4n) is 1.18. The van der Waals surface area contributed by atoms with Gasteiger partial charge >= 0.3 is 5.69 Å². The summed E-state index contributed by atoms with van der Waals surface area (Å²) in [5.41, 5.74) is -0.850. The first kappa shape index (κ1) is 13.4. The number of nitrogens with zero attached hydrogens (tertiary/aromatic N) is 1. The average molecular weight is 241 g/mol. The molecule has 0 aliphatic rings. The Morgan fingerprint density at radius 1 is 1.47 bits per heavy atom. The molecular weight excluding hydrogens is 226 g/mol. The van der Waals surface area contributed by atoms with E-state index in [1.807, 2.05) is 0 Å². The molecule has 1 rings (SSSR count). The fourth-order valence-corrected chi connectivity index (χ4v) is 1.18. The lowest BCUT2D eigenvalue weighted by molar-refractivity contribution is -0.386. The van der Waals surface area contributed by atoms with Crippen LogP contribution in [0.2, 0.25) is 0 Å². The van der Waals surface area contributed by atoms with Crippen LogP contribution in [0.5, 0.6) is 5.75 Å². The van der Waals surface area contributed by atoms with Gasteiger partial charge in [-0.25, -0.2) is 0 Å². The predicted octanol–water partition coefficient (Wildman–Crippen LogP) is 1.24. The number of rotatable bonds is 5. The van der Waals surface area contributed by atoms with Crippen LogP contribution in [0.4, 0.5) is 5.69 Å². The highest BCUT2D eigenvalue weighted by molar-refractivity contribution is 5.48. The molecule has 0 fully saturated rings. The Bertz CT molecular complexity index is 411. The van der Waals surface area contributed by atoms with Crippen molar-refractivity contribution in [2.45, 2.75) is 26.1 Å². The van der Waals surface area contributed by atoms with Crippen molar-refractivity contribution in [3.8, 4) is 5.75 Å². The topological polar surface area (TPSA) is 92.8 Å². The van der Waals surface area contributed by atoms with Crippen molar-refractivity contribution >= 4 is 5.69 Å². The van der Waals surface area contributed by atoms with E-state index in [0.29, 0.717) is 5.56 Å². The molecule has 0 bridgehead atoms. The number of aliphatic hydroxyl groups is 2. The summed E-state index contributed by atoms with van der Waals surface area (Å²) < 4.78 is 5.19. The second-order valence-electron chi connectivity index (χ2n) is 4.32. The molecule has 0 aliphatic carbocycles. The summed E-state index contributed by atoms with van der Waals surface area (Å²) in [7, 11) is 0. The molecule has 1 aromatic rings. The maximum Gasteiger partial charge on any atom is 0.311 e. The molecule has 94 valence electrons. The number of aliphatic hydroxyl groups excluding tert-OH is 1. The van der Waals surface area contributed by atoms with Crippen molar-refractivity contribution in [2.24, 2.45) is 0 Å². The van der Waals surface area contributed by atoms with Gasteiger partial charge in [0.15, 0.2) is 5.75 Å². The third kappa shape index (κ3) is 4.01. The number of nitro benzene ring substituents is 1. The highest BCUT2D eigenvalue weighted by atomic mass is 16.6. The summed E-state index contributed by atoms with van der Waals surface area (Å²) in [4.78, 5) is 10.2. The third-order valence-corrected chi connectivity index (χ3v) is 1.98. The second-order valence-corrected chi connectivity index (χ2v) is 4.32. The molecule has 0 heterocycles. The first-order valence-electron chi connectivity index (χ1n) is 5.07. The van der Waals surface area contributed by atoms with Crippen molar-refractivity contribution in [3.63, 3.8) is 0 Å². The Hall–Kier alpha value is -1.66. The van der Waals surface area contributed by atoms with E-state index in [0.717, 1.165) is 0 Å². The van der Waals surface area contributed by atoms with E-state index in [1.165, 1.54) is 18.2 Å². The van der Waals surface area contributed by atoms with Gasteiger partial charge in [-0.1, -0.05) is 6.07 Å². The molecule has 0 radical (unpaired) electrons. The molecule has 0 saturated heterocycles. The SMILES string of the molecule is CC(C)(O)COc1ccc(CO)cc1[N+](=O)[O-]. The van der Waals surface area contributed by atoms with Crippen molar-refractivity contribution in [2.75, 3.05) is 6.61 Å².